The lowest BCUT2D eigenvalue weighted by Gasteiger charge is -2.18. The van der Waals surface area contributed by atoms with Crippen molar-refractivity contribution in [2.45, 2.75) is 37.6 Å². The Morgan fingerprint density at radius 3 is 2.12 bits per heavy atom. The number of aryl methyl sites for hydroxylation is 1. The maximum absolute atomic E-state index is 12.1. The molecule has 0 fully saturated rings. The van der Waals surface area contributed by atoms with Gasteiger partial charge in [-0.1, -0.05) is 60.7 Å². The highest BCUT2D eigenvalue weighted by atomic mass is 31.1. The van der Waals surface area contributed by atoms with Crippen molar-refractivity contribution in [1.29, 1.82) is 0 Å². The summed E-state index contributed by atoms with van der Waals surface area (Å²) in [6.07, 6.45) is 2.35. The molecule has 4 nitrogen and oxygen atoms in total. The lowest BCUT2D eigenvalue weighted by atomic mass is 10.1. The van der Waals surface area contributed by atoms with Gasteiger partial charge in [-0.2, -0.15) is 0 Å². The van der Waals surface area contributed by atoms with Gasteiger partial charge in [-0.05, 0) is 36.8 Å². The molecule has 1 atom stereocenters. The van der Waals surface area contributed by atoms with Gasteiger partial charge < -0.3 is 9.84 Å². The number of carbonyl (C=O) groups is 1. The van der Waals surface area contributed by atoms with Crippen molar-refractivity contribution >= 4 is 14.4 Å². The molecule has 0 amide bonds. The number of unbranched alkanes of at least 4 members (excludes halogenated alkanes) is 1. The van der Waals surface area contributed by atoms with Crippen LogP contribution in [0.4, 0.5) is 0 Å². The second-order valence-electron chi connectivity index (χ2n) is 5.66. The summed E-state index contributed by atoms with van der Waals surface area (Å²) in [4.78, 5) is 12.1. The molecule has 0 bridgehead atoms. The molecule has 0 aliphatic rings. The van der Waals surface area contributed by atoms with Gasteiger partial charge in [-0.25, -0.2) is 4.79 Å². The van der Waals surface area contributed by atoms with E-state index in [1.165, 1.54) is 5.56 Å². The first kappa shape index (κ1) is 18.3. The van der Waals surface area contributed by atoms with Crippen LogP contribution >= 0.6 is 8.46 Å². The summed E-state index contributed by atoms with van der Waals surface area (Å²) in [7, 11) is -0.624. The van der Waals surface area contributed by atoms with Gasteiger partial charge in [-0.3, -0.25) is 4.57 Å². The molecule has 0 saturated heterocycles. The number of esters is 1. The van der Waals surface area contributed by atoms with Crippen LogP contribution in [0.3, 0.4) is 0 Å². The van der Waals surface area contributed by atoms with E-state index < -0.39 is 19.8 Å². The molecule has 0 aliphatic carbocycles. The first-order chi connectivity index (χ1) is 11.6. The van der Waals surface area contributed by atoms with Gasteiger partial charge in [0.05, 0.1) is 0 Å². The van der Waals surface area contributed by atoms with Gasteiger partial charge in [0.15, 0.2) is 0 Å². The Morgan fingerprint density at radius 2 is 1.54 bits per heavy atom. The highest BCUT2D eigenvalue weighted by molar-refractivity contribution is 7.27. The van der Waals surface area contributed by atoms with Crippen LogP contribution in [0.15, 0.2) is 60.7 Å². The predicted octanol–water partition coefficient (Wildman–Crippen LogP) is 4.12. The Bertz CT molecular complexity index is 645. The fourth-order valence-corrected chi connectivity index (χ4v) is 2.76. The lowest BCUT2D eigenvalue weighted by molar-refractivity contribution is -0.158. The smallest absolute Gasteiger partial charge is 0.350 e. The van der Waals surface area contributed by atoms with Gasteiger partial charge in [0, 0.05) is 0 Å². The molecule has 24 heavy (non-hydrogen) atoms. The third-order valence-corrected chi connectivity index (χ3v) is 4.48. The van der Waals surface area contributed by atoms with Crippen LogP contribution in [0.25, 0.3) is 0 Å². The second kappa shape index (κ2) is 9.31. The molecule has 2 aromatic carbocycles. The quantitative estimate of drug-likeness (QED) is 0.422. The Balaban J connectivity index is 1.79. The molecule has 1 N–H and O–H groups in total. The number of aliphatic hydroxyl groups is 1. The van der Waals surface area contributed by atoms with E-state index in [1.807, 2.05) is 60.7 Å². The van der Waals surface area contributed by atoms with Crippen molar-refractivity contribution in [2.24, 2.45) is 0 Å². The first-order valence-electron chi connectivity index (χ1n) is 7.96. The zero-order valence-electron chi connectivity index (χ0n) is 13.4. The molecular formula is C19H21O4P. The van der Waals surface area contributed by atoms with Crippen LogP contribution in [-0.4, -0.2) is 16.4 Å². The van der Waals surface area contributed by atoms with Crippen molar-refractivity contribution in [1.82, 2.24) is 0 Å². The Labute approximate surface area is 143 Å². The zero-order valence-corrected chi connectivity index (χ0v) is 14.3. The minimum absolute atomic E-state index is 0.0571. The van der Waals surface area contributed by atoms with Crippen molar-refractivity contribution in [3.8, 4) is 0 Å². The van der Waals surface area contributed by atoms with Gasteiger partial charge in [0.1, 0.15) is 6.61 Å². The van der Waals surface area contributed by atoms with Crippen molar-refractivity contribution in [2.75, 3.05) is 0 Å². The van der Waals surface area contributed by atoms with E-state index in [2.05, 4.69) is 0 Å². The number of carbonyl (C=O) groups excluding carboxylic acids is 1. The normalized spacial score (nSPS) is 13.4. The maximum Gasteiger partial charge on any atom is 0.350 e. The molecule has 0 aromatic heterocycles. The largest absolute Gasteiger partial charge is 0.458 e. The third-order valence-electron chi connectivity index (χ3n) is 3.77. The first-order valence-corrected chi connectivity index (χ1v) is 8.77. The molecule has 1 unspecified atom stereocenters. The summed E-state index contributed by atoms with van der Waals surface area (Å²) in [5.74, 6) is -0.845. The van der Waals surface area contributed by atoms with Crippen LogP contribution in [0.1, 0.15) is 30.4 Å². The van der Waals surface area contributed by atoms with Gasteiger partial charge in [0.25, 0.3) is 0 Å². The topological polar surface area (TPSA) is 63.6 Å². The highest BCUT2D eigenvalue weighted by Gasteiger charge is 2.38. The fourth-order valence-electron chi connectivity index (χ4n) is 2.37. The monoisotopic (exact) mass is 344 g/mol. The standard InChI is InChI=1S/C19H21O4P/c20-18(23-15-17-12-5-2-6-13-17)19(21,24-22)14-8-7-11-16-9-3-1-4-10-16/h1-6,9-10,12-13,21H,7-8,11,14-15H2. The average Bonchev–Trinajstić information content (AvgIpc) is 2.64. The molecule has 0 spiro atoms. The van der Waals surface area contributed by atoms with E-state index in [9.17, 15) is 14.5 Å². The minimum Gasteiger partial charge on any atom is -0.458 e. The molecule has 5 heteroatoms. The summed E-state index contributed by atoms with van der Waals surface area (Å²) >= 11 is 0. The number of ether oxygens (including phenoxy) is 1. The Hall–Kier alpha value is -2.03. The summed E-state index contributed by atoms with van der Waals surface area (Å²) < 4.78 is 16.4. The average molecular weight is 344 g/mol. The predicted molar refractivity (Wildman–Crippen MR) is 92.8 cm³/mol. The third kappa shape index (κ3) is 5.55. The van der Waals surface area contributed by atoms with Crippen LogP contribution in [0.2, 0.25) is 0 Å². The Kier molecular flexibility index (Phi) is 7.10. The molecule has 0 aliphatic heterocycles. The van der Waals surface area contributed by atoms with Crippen LogP contribution in [0.5, 0.6) is 0 Å². The minimum atomic E-state index is -1.97. The molecule has 2 rings (SSSR count). The summed E-state index contributed by atoms with van der Waals surface area (Å²) in [5, 5.41) is 8.30. The molecule has 0 heterocycles. The molecular weight excluding hydrogens is 323 g/mol. The van der Waals surface area contributed by atoms with Crippen LogP contribution in [-0.2, 0) is 27.1 Å². The van der Waals surface area contributed by atoms with Gasteiger partial charge in [0.2, 0.25) is 13.8 Å². The maximum atomic E-state index is 12.1. The van der Waals surface area contributed by atoms with Crippen LogP contribution in [0, 0.1) is 0 Å². The summed E-state index contributed by atoms with van der Waals surface area (Å²) in [6, 6.07) is 19.2. The number of hydrogen-bond donors (Lipinski definition) is 1. The van der Waals surface area contributed by atoms with Crippen molar-refractivity contribution < 1.29 is 19.2 Å². The molecule has 0 saturated carbocycles. The van der Waals surface area contributed by atoms with E-state index in [0.29, 0.717) is 6.42 Å². The van der Waals surface area contributed by atoms with E-state index in [1.54, 1.807) is 0 Å². The highest BCUT2D eigenvalue weighted by Crippen LogP contribution is 2.28. The second-order valence-corrected chi connectivity index (χ2v) is 6.58. The lowest BCUT2D eigenvalue weighted by Crippen LogP contribution is -2.34. The molecule has 126 valence electrons. The zero-order chi connectivity index (χ0) is 17.3. The van der Waals surface area contributed by atoms with Crippen molar-refractivity contribution in [3.63, 3.8) is 0 Å². The van der Waals surface area contributed by atoms with Crippen LogP contribution < -0.4 is 0 Å². The number of rotatable bonds is 9. The van der Waals surface area contributed by atoms with E-state index >= 15 is 0 Å². The summed E-state index contributed by atoms with van der Waals surface area (Å²) in [6.45, 7) is 0.0571. The van der Waals surface area contributed by atoms with Gasteiger partial charge in [-0.15, -0.1) is 0 Å². The SMILES string of the molecule is O=PC(O)(CCCCc1ccccc1)C(=O)OCc1ccccc1. The van der Waals surface area contributed by atoms with E-state index in [4.69, 9.17) is 4.74 Å². The number of hydrogen-bond acceptors (Lipinski definition) is 4. The molecule has 2 aromatic rings. The molecule has 0 radical (unpaired) electrons. The fraction of sp³-hybridized carbons (Fsp3) is 0.316. The van der Waals surface area contributed by atoms with Crippen molar-refractivity contribution in [3.05, 3.63) is 71.8 Å². The van der Waals surface area contributed by atoms with E-state index in [0.717, 1.165) is 18.4 Å². The Morgan fingerprint density at radius 1 is 0.958 bits per heavy atom. The van der Waals surface area contributed by atoms with Gasteiger partial charge >= 0.3 is 5.97 Å². The number of benzene rings is 2. The summed E-state index contributed by atoms with van der Waals surface area (Å²) in [5.41, 5.74) is 2.02. The van der Waals surface area contributed by atoms with E-state index in [-0.39, 0.29) is 13.0 Å².